The van der Waals surface area contributed by atoms with Crippen molar-refractivity contribution in [3.8, 4) is 11.5 Å². The number of aromatic carboxylic acids is 2. The Balaban J connectivity index is 0.000000331. The number of rotatable bonds is 8. The second kappa shape index (κ2) is 11.0. The maximum absolute atomic E-state index is 13.5. The fourth-order valence-electron chi connectivity index (χ4n) is 1.90. The number of aliphatic carboxylic acids is 1. The van der Waals surface area contributed by atoms with Gasteiger partial charge in [-0.25, -0.2) is 27.6 Å². The number of aliphatic hydroxyl groups is 1. The van der Waals surface area contributed by atoms with E-state index in [1.165, 1.54) is 12.1 Å². The molecule has 0 aliphatic heterocycles. The van der Waals surface area contributed by atoms with E-state index in [0.717, 1.165) is 6.07 Å². The van der Waals surface area contributed by atoms with Crippen LogP contribution in [0.3, 0.4) is 0 Å². The van der Waals surface area contributed by atoms with Crippen LogP contribution in [-0.4, -0.2) is 38.3 Å². The predicted molar refractivity (Wildman–Crippen MR) is 106 cm³/mol. The van der Waals surface area contributed by atoms with Gasteiger partial charge in [-0.3, -0.25) is 0 Å². The molecule has 0 fully saturated rings. The number of benzene rings is 2. The predicted octanol–water partition coefficient (Wildman–Crippen LogP) is 4.13. The fraction of sp³-hybridized carbons (Fsp3) is 0. The average molecular weight is 468 g/mol. The Hall–Kier alpha value is -4.74. The molecule has 174 valence electrons. The molecule has 0 aromatic heterocycles. The van der Waals surface area contributed by atoms with Crippen LogP contribution < -0.4 is 9.47 Å². The first-order valence-electron chi connectivity index (χ1n) is 8.36. The lowest BCUT2D eigenvalue weighted by Crippen LogP contribution is -2.10. The summed E-state index contributed by atoms with van der Waals surface area (Å²) in [5.41, 5.74) is -1.35. The van der Waals surface area contributed by atoms with Crippen LogP contribution in [-0.2, 0) is 4.79 Å². The summed E-state index contributed by atoms with van der Waals surface area (Å²) in [6.07, 6.45) is 0. The molecule has 2 aromatic carbocycles. The maximum atomic E-state index is 13.5. The fourth-order valence-corrected chi connectivity index (χ4v) is 1.90. The number of carbonyl (C=O) groups is 3. The van der Waals surface area contributed by atoms with Crippen LogP contribution in [0.2, 0.25) is 0 Å². The van der Waals surface area contributed by atoms with E-state index in [4.69, 9.17) is 25.2 Å². The van der Waals surface area contributed by atoms with Crippen molar-refractivity contribution in [3.05, 3.63) is 95.9 Å². The normalized spacial score (nSPS) is 9.67. The van der Waals surface area contributed by atoms with Crippen molar-refractivity contribution in [2.24, 2.45) is 0 Å². The summed E-state index contributed by atoms with van der Waals surface area (Å²) >= 11 is 0. The number of hydrogen-bond donors (Lipinski definition) is 4. The summed E-state index contributed by atoms with van der Waals surface area (Å²) in [4.78, 5) is 31.5. The Kier molecular flexibility index (Phi) is 8.80. The van der Waals surface area contributed by atoms with Gasteiger partial charge in [-0.2, -0.15) is 0 Å². The standard InChI is InChI=1S/C11H9FO4.C10H6F2O5/c1-6(13)7(2)16-9-5-3-4-8(10(9)12)11(14)15;1-4(9(13)14)17-8-6(11)3-2-5(7(8)12)10(15)16/h3-5,13H,1-2H2,(H,14,15);2-3H,1H2,(H,13,14)(H,15,16). The van der Waals surface area contributed by atoms with Gasteiger partial charge in [0.1, 0.15) is 5.76 Å². The van der Waals surface area contributed by atoms with E-state index >= 15 is 0 Å². The van der Waals surface area contributed by atoms with Gasteiger partial charge in [0.2, 0.25) is 5.76 Å². The quantitative estimate of drug-likeness (QED) is 0.255. The molecule has 0 amide bonds. The highest BCUT2D eigenvalue weighted by molar-refractivity contribution is 5.89. The molecule has 2 rings (SSSR count). The number of hydrogen-bond acceptors (Lipinski definition) is 6. The second-order valence-electron chi connectivity index (χ2n) is 5.77. The molecule has 0 aliphatic carbocycles. The second-order valence-corrected chi connectivity index (χ2v) is 5.77. The van der Waals surface area contributed by atoms with Crippen molar-refractivity contribution >= 4 is 17.9 Å². The summed E-state index contributed by atoms with van der Waals surface area (Å²) in [7, 11) is 0. The van der Waals surface area contributed by atoms with E-state index in [-0.39, 0.29) is 11.5 Å². The molecule has 0 spiro atoms. The Morgan fingerprint density at radius 3 is 1.76 bits per heavy atom. The Morgan fingerprint density at radius 2 is 1.27 bits per heavy atom. The van der Waals surface area contributed by atoms with Crippen LogP contribution in [0.15, 0.2) is 67.3 Å². The molecular formula is C21H15F3O9. The molecule has 0 atom stereocenters. The third-order valence-corrected chi connectivity index (χ3v) is 3.49. The first kappa shape index (κ1) is 26.3. The molecule has 12 heteroatoms. The van der Waals surface area contributed by atoms with Gasteiger partial charge >= 0.3 is 17.9 Å². The molecule has 0 saturated carbocycles. The van der Waals surface area contributed by atoms with Crippen LogP contribution >= 0.6 is 0 Å². The van der Waals surface area contributed by atoms with Gasteiger partial charge in [-0.05, 0) is 30.8 Å². The topological polar surface area (TPSA) is 151 Å². The summed E-state index contributed by atoms with van der Waals surface area (Å²) in [5.74, 6) is -11.5. The van der Waals surface area contributed by atoms with E-state index in [2.05, 4.69) is 24.5 Å². The van der Waals surface area contributed by atoms with Crippen molar-refractivity contribution in [1.29, 1.82) is 0 Å². The molecule has 2 aromatic rings. The number of carboxylic acids is 3. The van der Waals surface area contributed by atoms with Crippen LogP contribution in [0.4, 0.5) is 13.2 Å². The van der Waals surface area contributed by atoms with E-state index in [1.54, 1.807) is 0 Å². The number of halogens is 3. The van der Waals surface area contributed by atoms with Crippen molar-refractivity contribution < 1.29 is 57.5 Å². The van der Waals surface area contributed by atoms with Gasteiger partial charge in [-0.1, -0.05) is 19.2 Å². The van der Waals surface area contributed by atoms with Gasteiger partial charge in [0.15, 0.2) is 34.7 Å². The lowest BCUT2D eigenvalue weighted by molar-refractivity contribution is -0.135. The summed E-state index contributed by atoms with van der Waals surface area (Å²) in [6.45, 7) is 9.31. The van der Waals surface area contributed by atoms with Crippen LogP contribution in [0.1, 0.15) is 20.7 Å². The van der Waals surface area contributed by atoms with Gasteiger partial charge in [-0.15, -0.1) is 0 Å². The lowest BCUT2D eigenvalue weighted by atomic mass is 10.2. The lowest BCUT2D eigenvalue weighted by Gasteiger charge is -2.09. The largest absolute Gasteiger partial charge is 0.505 e. The van der Waals surface area contributed by atoms with Crippen molar-refractivity contribution in [2.75, 3.05) is 0 Å². The van der Waals surface area contributed by atoms with E-state index in [1.807, 2.05) is 0 Å². The highest BCUT2D eigenvalue weighted by Gasteiger charge is 2.21. The first-order valence-corrected chi connectivity index (χ1v) is 8.36. The Morgan fingerprint density at radius 1 is 0.727 bits per heavy atom. The van der Waals surface area contributed by atoms with E-state index in [9.17, 15) is 27.6 Å². The molecule has 4 N–H and O–H groups in total. The zero-order chi connectivity index (χ0) is 25.5. The highest BCUT2D eigenvalue weighted by atomic mass is 19.1. The smallest absolute Gasteiger partial charge is 0.371 e. The van der Waals surface area contributed by atoms with Crippen LogP contribution in [0.5, 0.6) is 11.5 Å². The van der Waals surface area contributed by atoms with Crippen molar-refractivity contribution in [1.82, 2.24) is 0 Å². The molecule has 0 heterocycles. The van der Waals surface area contributed by atoms with Crippen LogP contribution in [0, 0.1) is 17.5 Å². The molecular weight excluding hydrogens is 453 g/mol. The maximum Gasteiger partial charge on any atom is 0.371 e. The minimum atomic E-state index is -1.63. The molecule has 9 nitrogen and oxygen atoms in total. The van der Waals surface area contributed by atoms with E-state index in [0.29, 0.717) is 12.1 Å². The Labute approximate surface area is 183 Å². The summed E-state index contributed by atoms with van der Waals surface area (Å²) < 4.78 is 49.2. The van der Waals surface area contributed by atoms with Gasteiger partial charge < -0.3 is 29.9 Å². The van der Waals surface area contributed by atoms with Crippen LogP contribution in [0.25, 0.3) is 0 Å². The van der Waals surface area contributed by atoms with Crippen molar-refractivity contribution in [2.45, 2.75) is 0 Å². The minimum Gasteiger partial charge on any atom is -0.505 e. The first-order chi connectivity index (χ1) is 15.3. The summed E-state index contributed by atoms with van der Waals surface area (Å²) in [5, 5.41) is 34.5. The number of aliphatic hydroxyl groups excluding tert-OH is 1. The minimum absolute atomic E-state index is 0.249. The molecule has 0 unspecified atom stereocenters. The zero-order valence-electron chi connectivity index (χ0n) is 16.5. The third-order valence-electron chi connectivity index (χ3n) is 3.49. The zero-order valence-corrected chi connectivity index (χ0v) is 16.5. The SMILES string of the molecule is C=C(O)C(=C)Oc1cccc(C(=O)O)c1F.C=C(Oc1c(F)ccc(C(=O)O)c1F)C(=O)O. The molecule has 0 saturated heterocycles. The highest BCUT2D eigenvalue weighted by Crippen LogP contribution is 2.26. The average Bonchev–Trinajstić information content (AvgIpc) is 2.72. The number of carboxylic acid groups (broad SMARTS) is 3. The van der Waals surface area contributed by atoms with Gasteiger partial charge in [0.05, 0.1) is 11.1 Å². The molecule has 0 aliphatic rings. The van der Waals surface area contributed by atoms with Gasteiger partial charge in [0.25, 0.3) is 0 Å². The molecule has 33 heavy (non-hydrogen) atoms. The Bertz CT molecular complexity index is 1160. The van der Waals surface area contributed by atoms with Crippen molar-refractivity contribution in [3.63, 3.8) is 0 Å². The van der Waals surface area contributed by atoms with E-state index < -0.39 is 63.8 Å². The molecule has 0 bridgehead atoms. The van der Waals surface area contributed by atoms with Gasteiger partial charge in [0, 0.05) is 0 Å². The third kappa shape index (κ3) is 6.89. The monoisotopic (exact) mass is 468 g/mol. The number of ether oxygens (including phenoxy) is 2. The summed E-state index contributed by atoms with van der Waals surface area (Å²) in [6, 6.07) is 4.98. The molecule has 0 radical (unpaired) electrons.